The third-order valence-electron chi connectivity index (χ3n) is 2.38. The van der Waals surface area contributed by atoms with E-state index in [-0.39, 0.29) is 6.61 Å². The van der Waals surface area contributed by atoms with Crippen molar-refractivity contribution >= 4 is 0 Å². The molecule has 0 bridgehead atoms. The van der Waals surface area contributed by atoms with Crippen molar-refractivity contribution in [3.63, 3.8) is 0 Å². The number of methoxy groups -OCH3 is 1. The molecule has 0 aliphatic heterocycles. The minimum absolute atomic E-state index is 0.0437. The quantitative estimate of drug-likeness (QED) is 0.752. The first-order valence-corrected chi connectivity index (χ1v) is 5.28. The standard InChI is InChI=1S/C13H18O3/c1-4-10(2)9-16-13-7-12(15-3)6-5-11(13)8-14/h5-7,14H,2,4,8-9H2,1,3H3. The van der Waals surface area contributed by atoms with Gasteiger partial charge in [0.1, 0.15) is 18.1 Å². The summed E-state index contributed by atoms with van der Waals surface area (Å²) in [5.74, 6) is 1.37. The van der Waals surface area contributed by atoms with Crippen LogP contribution >= 0.6 is 0 Å². The zero-order valence-corrected chi connectivity index (χ0v) is 9.82. The van der Waals surface area contributed by atoms with Gasteiger partial charge in [-0.2, -0.15) is 0 Å². The van der Waals surface area contributed by atoms with E-state index in [4.69, 9.17) is 14.6 Å². The predicted octanol–water partition coefficient (Wildman–Crippen LogP) is 2.53. The fraction of sp³-hybridized carbons (Fsp3) is 0.385. The van der Waals surface area contributed by atoms with Crippen LogP contribution in [0.15, 0.2) is 30.4 Å². The highest BCUT2D eigenvalue weighted by Gasteiger charge is 2.05. The molecule has 0 atom stereocenters. The van der Waals surface area contributed by atoms with Crippen LogP contribution in [-0.4, -0.2) is 18.8 Å². The Labute approximate surface area is 96.3 Å². The van der Waals surface area contributed by atoms with Crippen LogP contribution in [-0.2, 0) is 6.61 Å². The Morgan fingerprint density at radius 1 is 1.44 bits per heavy atom. The molecule has 1 aromatic carbocycles. The Bertz CT molecular complexity index is 358. The highest BCUT2D eigenvalue weighted by atomic mass is 16.5. The van der Waals surface area contributed by atoms with Gasteiger partial charge in [-0.05, 0) is 24.1 Å². The van der Waals surface area contributed by atoms with Gasteiger partial charge >= 0.3 is 0 Å². The molecule has 1 N–H and O–H groups in total. The van der Waals surface area contributed by atoms with Gasteiger partial charge in [-0.3, -0.25) is 0 Å². The minimum atomic E-state index is -0.0437. The van der Waals surface area contributed by atoms with Gasteiger partial charge in [-0.25, -0.2) is 0 Å². The summed E-state index contributed by atoms with van der Waals surface area (Å²) in [4.78, 5) is 0. The number of hydrogen-bond donors (Lipinski definition) is 1. The number of hydrogen-bond acceptors (Lipinski definition) is 3. The van der Waals surface area contributed by atoms with E-state index in [0.717, 1.165) is 17.6 Å². The van der Waals surface area contributed by atoms with Crippen molar-refractivity contribution in [1.29, 1.82) is 0 Å². The van der Waals surface area contributed by atoms with Crippen LogP contribution in [0.2, 0.25) is 0 Å². The van der Waals surface area contributed by atoms with E-state index in [9.17, 15) is 0 Å². The second-order valence-electron chi connectivity index (χ2n) is 3.52. The molecule has 3 nitrogen and oxygen atoms in total. The summed E-state index contributed by atoms with van der Waals surface area (Å²) in [6.45, 7) is 6.32. The number of ether oxygens (including phenoxy) is 2. The van der Waals surface area contributed by atoms with Gasteiger partial charge in [0.25, 0.3) is 0 Å². The Morgan fingerprint density at radius 3 is 2.75 bits per heavy atom. The zero-order valence-electron chi connectivity index (χ0n) is 9.82. The molecule has 0 spiro atoms. The van der Waals surface area contributed by atoms with Crippen LogP contribution in [0.25, 0.3) is 0 Å². The molecule has 0 fully saturated rings. The van der Waals surface area contributed by atoms with Gasteiger partial charge in [0.05, 0.1) is 13.7 Å². The van der Waals surface area contributed by atoms with Gasteiger partial charge < -0.3 is 14.6 Å². The molecule has 0 heterocycles. The Hall–Kier alpha value is -1.48. The molecule has 16 heavy (non-hydrogen) atoms. The predicted molar refractivity (Wildman–Crippen MR) is 63.8 cm³/mol. The van der Waals surface area contributed by atoms with E-state index in [0.29, 0.717) is 18.1 Å². The topological polar surface area (TPSA) is 38.7 Å². The summed E-state index contributed by atoms with van der Waals surface area (Å²) in [6.07, 6.45) is 0.887. The summed E-state index contributed by atoms with van der Waals surface area (Å²) in [5, 5.41) is 9.16. The van der Waals surface area contributed by atoms with E-state index >= 15 is 0 Å². The van der Waals surface area contributed by atoms with E-state index < -0.39 is 0 Å². The van der Waals surface area contributed by atoms with E-state index in [2.05, 4.69) is 6.58 Å². The van der Waals surface area contributed by atoms with Crippen LogP contribution in [0.3, 0.4) is 0 Å². The van der Waals surface area contributed by atoms with Crippen molar-refractivity contribution in [3.8, 4) is 11.5 Å². The third-order valence-corrected chi connectivity index (χ3v) is 2.38. The molecule has 0 saturated heterocycles. The zero-order chi connectivity index (χ0) is 12.0. The Balaban J connectivity index is 2.78. The van der Waals surface area contributed by atoms with Crippen molar-refractivity contribution in [3.05, 3.63) is 35.9 Å². The molecule has 0 amide bonds. The van der Waals surface area contributed by atoms with Crippen molar-refractivity contribution in [1.82, 2.24) is 0 Å². The summed E-state index contributed by atoms with van der Waals surface area (Å²) in [7, 11) is 1.60. The smallest absolute Gasteiger partial charge is 0.128 e. The molecule has 1 rings (SSSR count). The number of aliphatic hydroxyl groups is 1. The maximum Gasteiger partial charge on any atom is 0.128 e. The van der Waals surface area contributed by atoms with Crippen molar-refractivity contribution in [2.75, 3.05) is 13.7 Å². The fourth-order valence-corrected chi connectivity index (χ4v) is 1.21. The summed E-state index contributed by atoms with van der Waals surface area (Å²) in [5.41, 5.74) is 1.77. The summed E-state index contributed by atoms with van der Waals surface area (Å²) >= 11 is 0. The molecule has 3 heteroatoms. The maximum atomic E-state index is 9.16. The van der Waals surface area contributed by atoms with Gasteiger partial charge in [0.15, 0.2) is 0 Å². The largest absolute Gasteiger partial charge is 0.497 e. The van der Waals surface area contributed by atoms with Gasteiger partial charge in [-0.1, -0.05) is 13.5 Å². The van der Waals surface area contributed by atoms with Crippen LogP contribution in [0.5, 0.6) is 11.5 Å². The molecule has 88 valence electrons. The van der Waals surface area contributed by atoms with Gasteiger partial charge in [0, 0.05) is 11.6 Å². The summed E-state index contributed by atoms with van der Waals surface area (Å²) in [6, 6.07) is 5.37. The number of benzene rings is 1. The second kappa shape index (κ2) is 6.18. The monoisotopic (exact) mass is 222 g/mol. The molecule has 0 saturated carbocycles. The lowest BCUT2D eigenvalue weighted by Gasteiger charge is -2.12. The summed E-state index contributed by atoms with van der Waals surface area (Å²) < 4.78 is 10.7. The van der Waals surface area contributed by atoms with E-state index in [1.165, 1.54) is 0 Å². The fourth-order valence-electron chi connectivity index (χ4n) is 1.21. The van der Waals surface area contributed by atoms with Gasteiger partial charge in [0.2, 0.25) is 0 Å². The maximum absolute atomic E-state index is 9.16. The van der Waals surface area contributed by atoms with E-state index in [1.54, 1.807) is 25.3 Å². The van der Waals surface area contributed by atoms with Crippen LogP contribution in [0, 0.1) is 0 Å². The SMILES string of the molecule is C=C(CC)COc1cc(OC)ccc1CO. The molecular weight excluding hydrogens is 204 g/mol. The van der Waals surface area contributed by atoms with Crippen LogP contribution in [0.1, 0.15) is 18.9 Å². The molecule has 0 aromatic heterocycles. The first-order chi connectivity index (χ1) is 7.71. The van der Waals surface area contributed by atoms with Gasteiger partial charge in [-0.15, -0.1) is 0 Å². The molecule has 0 radical (unpaired) electrons. The first kappa shape index (κ1) is 12.6. The minimum Gasteiger partial charge on any atom is -0.497 e. The van der Waals surface area contributed by atoms with Crippen LogP contribution < -0.4 is 9.47 Å². The average molecular weight is 222 g/mol. The molecule has 0 unspecified atom stereocenters. The molecule has 0 aliphatic carbocycles. The lowest BCUT2D eigenvalue weighted by molar-refractivity contribution is 0.267. The highest BCUT2D eigenvalue weighted by molar-refractivity contribution is 5.40. The second-order valence-corrected chi connectivity index (χ2v) is 3.52. The highest BCUT2D eigenvalue weighted by Crippen LogP contribution is 2.25. The van der Waals surface area contributed by atoms with Crippen molar-refractivity contribution < 1.29 is 14.6 Å². The Morgan fingerprint density at radius 2 is 2.19 bits per heavy atom. The first-order valence-electron chi connectivity index (χ1n) is 5.28. The van der Waals surface area contributed by atoms with Crippen LogP contribution in [0.4, 0.5) is 0 Å². The normalized spacial score (nSPS) is 9.94. The van der Waals surface area contributed by atoms with E-state index in [1.807, 2.05) is 6.92 Å². The Kier molecular flexibility index (Phi) is 4.86. The lowest BCUT2D eigenvalue weighted by Crippen LogP contribution is -2.02. The third kappa shape index (κ3) is 3.28. The molecular formula is C13H18O3. The van der Waals surface area contributed by atoms with Crippen molar-refractivity contribution in [2.45, 2.75) is 20.0 Å². The molecule has 1 aromatic rings. The molecule has 0 aliphatic rings. The average Bonchev–Trinajstić information content (AvgIpc) is 2.35. The number of aliphatic hydroxyl groups excluding tert-OH is 1. The number of rotatable bonds is 6. The lowest BCUT2D eigenvalue weighted by atomic mass is 10.2. The van der Waals surface area contributed by atoms with Crippen molar-refractivity contribution in [2.24, 2.45) is 0 Å².